The largest absolute Gasteiger partial charge is 0.489 e. The van der Waals surface area contributed by atoms with Crippen LogP contribution in [-0.4, -0.2) is 23.2 Å². The highest BCUT2D eigenvalue weighted by molar-refractivity contribution is 5.84. The van der Waals surface area contributed by atoms with Crippen LogP contribution < -0.4 is 10.1 Å². The Labute approximate surface area is 159 Å². The van der Waals surface area contributed by atoms with E-state index in [1.807, 2.05) is 75.5 Å². The van der Waals surface area contributed by atoms with Crippen molar-refractivity contribution < 1.29 is 14.3 Å². The molecule has 0 aliphatic rings. The van der Waals surface area contributed by atoms with Crippen LogP contribution >= 0.6 is 0 Å². The van der Waals surface area contributed by atoms with Crippen LogP contribution in [0.3, 0.4) is 0 Å². The summed E-state index contributed by atoms with van der Waals surface area (Å²) in [6, 6.07) is 16.1. The number of carbonyl (C=O) groups excluding carboxylic acids is 1. The Morgan fingerprint density at radius 3 is 2.63 bits per heavy atom. The van der Waals surface area contributed by atoms with Gasteiger partial charge in [-0.25, -0.2) is 4.79 Å². The summed E-state index contributed by atoms with van der Waals surface area (Å²) in [6.07, 6.45) is 2.29. The molecule has 2 N–H and O–H groups in total. The van der Waals surface area contributed by atoms with E-state index in [1.165, 1.54) is 0 Å². The average Bonchev–Trinajstić information content (AvgIpc) is 3.02. The third-order valence-corrected chi connectivity index (χ3v) is 4.05. The fourth-order valence-corrected chi connectivity index (χ4v) is 2.81. The maximum absolute atomic E-state index is 11.8. The van der Waals surface area contributed by atoms with Crippen LogP contribution in [0, 0.1) is 0 Å². The van der Waals surface area contributed by atoms with E-state index >= 15 is 0 Å². The van der Waals surface area contributed by atoms with E-state index in [0.717, 1.165) is 27.8 Å². The fraction of sp³-hybridized carbons (Fsp3) is 0.318. The normalized spacial score (nSPS) is 11.4. The van der Waals surface area contributed by atoms with Gasteiger partial charge in [-0.3, -0.25) is 0 Å². The zero-order valence-electron chi connectivity index (χ0n) is 16.0. The molecule has 0 atom stereocenters. The van der Waals surface area contributed by atoms with Crippen molar-refractivity contribution in [3.8, 4) is 5.75 Å². The monoisotopic (exact) mass is 366 g/mol. The van der Waals surface area contributed by atoms with Gasteiger partial charge in [-0.05, 0) is 56.5 Å². The zero-order valence-corrected chi connectivity index (χ0v) is 16.0. The number of alkyl carbamates (subject to hydrolysis) is 1. The van der Waals surface area contributed by atoms with Gasteiger partial charge in [-0.15, -0.1) is 0 Å². The van der Waals surface area contributed by atoms with Crippen molar-refractivity contribution in [2.24, 2.45) is 0 Å². The molecule has 0 aliphatic carbocycles. The van der Waals surface area contributed by atoms with E-state index in [0.29, 0.717) is 19.6 Å². The molecule has 5 heteroatoms. The van der Waals surface area contributed by atoms with Crippen LogP contribution in [0.1, 0.15) is 31.9 Å². The maximum atomic E-state index is 11.8. The minimum atomic E-state index is -0.490. The van der Waals surface area contributed by atoms with Gasteiger partial charge in [0.1, 0.15) is 18.0 Å². The van der Waals surface area contributed by atoms with Crippen LogP contribution in [-0.2, 0) is 17.8 Å². The van der Waals surface area contributed by atoms with E-state index in [9.17, 15) is 4.79 Å². The van der Waals surface area contributed by atoms with Gasteiger partial charge in [0.25, 0.3) is 0 Å². The Morgan fingerprint density at radius 2 is 1.89 bits per heavy atom. The molecule has 142 valence electrons. The SMILES string of the molecule is CC(C)(C)OC(=O)NCCc1c[nH]c2ccc(OCc3ccccc3)cc12. The lowest BCUT2D eigenvalue weighted by molar-refractivity contribution is 0.0528. The van der Waals surface area contributed by atoms with Gasteiger partial charge >= 0.3 is 6.09 Å². The first-order chi connectivity index (χ1) is 12.9. The average molecular weight is 366 g/mol. The summed E-state index contributed by atoms with van der Waals surface area (Å²) in [6.45, 7) is 6.60. The van der Waals surface area contributed by atoms with Gasteiger partial charge in [0.05, 0.1) is 0 Å². The minimum Gasteiger partial charge on any atom is -0.489 e. The van der Waals surface area contributed by atoms with E-state index in [-0.39, 0.29) is 0 Å². The Balaban J connectivity index is 1.60. The second kappa shape index (κ2) is 8.16. The molecule has 1 aromatic heterocycles. The van der Waals surface area contributed by atoms with Crippen molar-refractivity contribution in [2.75, 3.05) is 6.54 Å². The van der Waals surface area contributed by atoms with Gasteiger partial charge in [0.2, 0.25) is 0 Å². The summed E-state index contributed by atoms with van der Waals surface area (Å²) >= 11 is 0. The smallest absolute Gasteiger partial charge is 0.407 e. The van der Waals surface area contributed by atoms with Gasteiger partial charge in [-0.1, -0.05) is 30.3 Å². The number of amides is 1. The molecule has 0 radical (unpaired) electrons. The molecule has 0 unspecified atom stereocenters. The molecular formula is C22H26N2O3. The van der Waals surface area contributed by atoms with E-state index in [4.69, 9.17) is 9.47 Å². The molecule has 0 bridgehead atoms. The van der Waals surface area contributed by atoms with Crippen LogP contribution in [0.15, 0.2) is 54.7 Å². The van der Waals surface area contributed by atoms with Crippen molar-refractivity contribution in [3.63, 3.8) is 0 Å². The molecule has 0 fully saturated rings. The number of nitrogens with one attached hydrogen (secondary N) is 2. The standard InChI is InChI=1S/C22H26N2O3/c1-22(2,3)27-21(25)23-12-11-17-14-24-20-10-9-18(13-19(17)20)26-15-16-7-5-4-6-8-16/h4-10,13-14,24H,11-12,15H2,1-3H3,(H,23,25). The third kappa shape index (κ3) is 5.51. The van der Waals surface area contributed by atoms with Gasteiger partial charge < -0.3 is 19.8 Å². The van der Waals surface area contributed by atoms with Crippen LogP contribution in [0.5, 0.6) is 5.75 Å². The summed E-state index contributed by atoms with van der Waals surface area (Å²) in [5.74, 6) is 0.826. The second-order valence-corrected chi connectivity index (χ2v) is 7.47. The van der Waals surface area contributed by atoms with Gasteiger partial charge in [-0.2, -0.15) is 0 Å². The highest BCUT2D eigenvalue weighted by atomic mass is 16.6. The Bertz CT molecular complexity index is 895. The lowest BCUT2D eigenvalue weighted by Crippen LogP contribution is -2.33. The van der Waals surface area contributed by atoms with Crippen molar-refractivity contribution in [1.82, 2.24) is 10.3 Å². The molecule has 3 rings (SSSR count). The van der Waals surface area contributed by atoms with Crippen molar-refractivity contribution in [1.29, 1.82) is 0 Å². The number of ether oxygens (including phenoxy) is 2. The third-order valence-electron chi connectivity index (χ3n) is 4.05. The van der Waals surface area contributed by atoms with Crippen LogP contribution in [0.2, 0.25) is 0 Å². The fourth-order valence-electron chi connectivity index (χ4n) is 2.81. The predicted molar refractivity (Wildman–Crippen MR) is 107 cm³/mol. The number of carbonyl (C=O) groups is 1. The second-order valence-electron chi connectivity index (χ2n) is 7.47. The van der Waals surface area contributed by atoms with Crippen molar-refractivity contribution in [3.05, 3.63) is 65.9 Å². The molecule has 27 heavy (non-hydrogen) atoms. The Kier molecular flexibility index (Phi) is 5.69. The molecule has 2 aromatic carbocycles. The highest BCUT2D eigenvalue weighted by Gasteiger charge is 2.15. The number of aromatic amines is 1. The number of hydrogen-bond acceptors (Lipinski definition) is 3. The molecule has 0 saturated carbocycles. The first kappa shape index (κ1) is 18.8. The number of aromatic nitrogens is 1. The van der Waals surface area contributed by atoms with E-state index in [2.05, 4.69) is 10.3 Å². The predicted octanol–water partition coefficient (Wildman–Crippen LogP) is 4.81. The summed E-state index contributed by atoms with van der Waals surface area (Å²) in [5.41, 5.74) is 2.82. The summed E-state index contributed by atoms with van der Waals surface area (Å²) in [5, 5.41) is 3.90. The van der Waals surface area contributed by atoms with E-state index in [1.54, 1.807) is 0 Å². The molecule has 0 aliphatic heterocycles. The van der Waals surface area contributed by atoms with Crippen molar-refractivity contribution in [2.45, 2.75) is 39.4 Å². The first-order valence-corrected chi connectivity index (χ1v) is 9.14. The number of benzene rings is 2. The number of rotatable bonds is 6. The van der Waals surface area contributed by atoms with Crippen LogP contribution in [0.4, 0.5) is 4.79 Å². The van der Waals surface area contributed by atoms with Gasteiger partial charge in [0.15, 0.2) is 0 Å². The zero-order chi connectivity index (χ0) is 19.3. The summed E-state index contributed by atoms with van der Waals surface area (Å²) in [7, 11) is 0. The topological polar surface area (TPSA) is 63.3 Å². The number of hydrogen-bond donors (Lipinski definition) is 2. The first-order valence-electron chi connectivity index (χ1n) is 9.14. The summed E-state index contributed by atoms with van der Waals surface area (Å²) in [4.78, 5) is 15.0. The quantitative estimate of drug-likeness (QED) is 0.658. The van der Waals surface area contributed by atoms with Gasteiger partial charge in [0, 0.05) is 23.6 Å². The highest BCUT2D eigenvalue weighted by Crippen LogP contribution is 2.24. The lowest BCUT2D eigenvalue weighted by atomic mass is 10.1. The Morgan fingerprint density at radius 1 is 1.11 bits per heavy atom. The minimum absolute atomic E-state index is 0.394. The maximum Gasteiger partial charge on any atom is 0.407 e. The molecule has 5 nitrogen and oxygen atoms in total. The lowest BCUT2D eigenvalue weighted by Gasteiger charge is -2.19. The number of H-pyrrole nitrogens is 1. The molecule has 3 aromatic rings. The molecular weight excluding hydrogens is 340 g/mol. The number of fused-ring (bicyclic) bond motifs is 1. The van der Waals surface area contributed by atoms with E-state index < -0.39 is 11.7 Å². The Hall–Kier alpha value is -2.95. The molecule has 1 heterocycles. The summed E-state index contributed by atoms with van der Waals surface area (Å²) < 4.78 is 11.2. The van der Waals surface area contributed by atoms with Crippen LogP contribution in [0.25, 0.3) is 10.9 Å². The van der Waals surface area contributed by atoms with Crippen molar-refractivity contribution >= 4 is 17.0 Å². The molecule has 1 amide bonds. The molecule has 0 spiro atoms. The molecule has 0 saturated heterocycles.